The number of hydrogen-bond acceptors (Lipinski definition) is 8. The molecule has 3 aromatic rings. The molecule has 1 aliphatic heterocycles. The first-order chi connectivity index (χ1) is 14.1. The van der Waals surface area contributed by atoms with Crippen LogP contribution in [-0.2, 0) is 4.74 Å². The largest absolute Gasteiger partial charge is 0.378 e. The Labute approximate surface area is 170 Å². The fourth-order valence-corrected chi connectivity index (χ4v) is 3.20. The highest BCUT2D eigenvalue weighted by atomic mass is 32.1. The van der Waals surface area contributed by atoms with Crippen LogP contribution in [0.2, 0.25) is 0 Å². The van der Waals surface area contributed by atoms with E-state index in [9.17, 15) is 10.1 Å². The van der Waals surface area contributed by atoms with Gasteiger partial charge in [0.05, 0.1) is 24.4 Å². The topological polar surface area (TPSA) is 114 Å². The number of nitrogens with zero attached hydrogens (tertiary/aromatic N) is 6. The van der Waals surface area contributed by atoms with E-state index in [0.29, 0.717) is 53.8 Å². The Bertz CT molecular complexity index is 1100. The summed E-state index contributed by atoms with van der Waals surface area (Å²) in [5, 5.41) is 22.8. The third-order valence-electron chi connectivity index (χ3n) is 4.41. The molecule has 4 rings (SSSR count). The molecule has 1 N–H and O–H groups in total. The highest BCUT2D eigenvalue weighted by Crippen LogP contribution is 2.29. The molecule has 1 aromatic carbocycles. The number of aromatic amines is 1. The lowest BCUT2D eigenvalue weighted by molar-refractivity contribution is -0.384. The zero-order chi connectivity index (χ0) is 20.2. The normalized spacial score (nSPS) is 14.4. The third kappa shape index (κ3) is 4.05. The minimum atomic E-state index is -0.384. The van der Waals surface area contributed by atoms with E-state index in [2.05, 4.69) is 20.3 Å². The maximum absolute atomic E-state index is 11.6. The molecule has 0 aliphatic carbocycles. The summed E-state index contributed by atoms with van der Waals surface area (Å²) >= 11 is 5.24. The molecule has 0 atom stereocenters. The molecule has 2 aromatic heterocycles. The standard InChI is InChI=1S/C18H17N7O3S/c26-25(27)16-11-13(4-5-15(16)23-7-9-28-10-8-23)12-20-24-17(21-22-18(24)29)14-3-1-2-6-19-14/h1-6,11-12H,7-10H2,(H,22,29)/b20-12+. The zero-order valence-electron chi connectivity index (χ0n) is 15.3. The summed E-state index contributed by atoms with van der Waals surface area (Å²) in [6.07, 6.45) is 3.16. The van der Waals surface area contributed by atoms with Crippen molar-refractivity contribution < 1.29 is 9.66 Å². The van der Waals surface area contributed by atoms with Gasteiger partial charge in [0, 0.05) is 30.9 Å². The Morgan fingerprint density at radius 2 is 2.10 bits per heavy atom. The van der Waals surface area contributed by atoms with E-state index in [1.54, 1.807) is 30.5 Å². The van der Waals surface area contributed by atoms with Gasteiger partial charge < -0.3 is 9.64 Å². The van der Waals surface area contributed by atoms with Crippen LogP contribution in [0.4, 0.5) is 11.4 Å². The smallest absolute Gasteiger partial charge is 0.293 e. The van der Waals surface area contributed by atoms with E-state index < -0.39 is 0 Å². The van der Waals surface area contributed by atoms with E-state index in [1.165, 1.54) is 17.0 Å². The second-order valence-corrected chi connectivity index (χ2v) is 6.62. The van der Waals surface area contributed by atoms with Crippen molar-refractivity contribution in [1.29, 1.82) is 0 Å². The van der Waals surface area contributed by atoms with Gasteiger partial charge in [-0.3, -0.25) is 15.1 Å². The number of nitro groups is 1. The highest BCUT2D eigenvalue weighted by molar-refractivity contribution is 7.71. The molecule has 3 heterocycles. The van der Waals surface area contributed by atoms with Gasteiger partial charge in [-0.25, -0.2) is 5.10 Å². The van der Waals surface area contributed by atoms with Crippen molar-refractivity contribution >= 4 is 29.8 Å². The van der Waals surface area contributed by atoms with Crippen LogP contribution >= 0.6 is 12.2 Å². The van der Waals surface area contributed by atoms with Gasteiger partial charge in [0.2, 0.25) is 10.6 Å². The summed E-state index contributed by atoms with van der Waals surface area (Å²) < 4.78 is 7.05. The predicted molar refractivity (Wildman–Crippen MR) is 110 cm³/mol. The molecule has 11 heteroatoms. The van der Waals surface area contributed by atoms with E-state index in [0.717, 1.165) is 0 Å². The lowest BCUT2D eigenvalue weighted by Gasteiger charge is -2.28. The van der Waals surface area contributed by atoms with Crippen LogP contribution in [0.3, 0.4) is 0 Å². The summed E-state index contributed by atoms with van der Waals surface area (Å²) in [4.78, 5) is 17.4. The van der Waals surface area contributed by atoms with E-state index in [1.807, 2.05) is 11.0 Å². The minimum Gasteiger partial charge on any atom is -0.378 e. The third-order valence-corrected chi connectivity index (χ3v) is 4.68. The van der Waals surface area contributed by atoms with Gasteiger partial charge in [-0.2, -0.15) is 14.9 Å². The molecule has 29 heavy (non-hydrogen) atoms. The number of benzene rings is 1. The van der Waals surface area contributed by atoms with Crippen LogP contribution in [0.5, 0.6) is 0 Å². The number of aromatic nitrogens is 4. The van der Waals surface area contributed by atoms with Gasteiger partial charge in [0.25, 0.3) is 5.69 Å². The Hall–Kier alpha value is -3.44. The second-order valence-electron chi connectivity index (χ2n) is 6.23. The van der Waals surface area contributed by atoms with Gasteiger partial charge in [-0.1, -0.05) is 12.1 Å². The maximum Gasteiger partial charge on any atom is 0.293 e. The fourth-order valence-electron chi connectivity index (χ4n) is 3.02. The molecule has 0 saturated carbocycles. The minimum absolute atomic E-state index is 0.0246. The van der Waals surface area contributed by atoms with Crippen molar-refractivity contribution in [2.45, 2.75) is 0 Å². The van der Waals surface area contributed by atoms with E-state index >= 15 is 0 Å². The van der Waals surface area contributed by atoms with Crippen molar-refractivity contribution in [3.8, 4) is 11.5 Å². The van der Waals surface area contributed by atoms with Crippen molar-refractivity contribution in [2.75, 3.05) is 31.2 Å². The monoisotopic (exact) mass is 411 g/mol. The Morgan fingerprint density at radius 3 is 2.83 bits per heavy atom. The first-order valence-electron chi connectivity index (χ1n) is 8.88. The molecular formula is C18H17N7O3S. The van der Waals surface area contributed by atoms with Crippen LogP contribution < -0.4 is 4.90 Å². The van der Waals surface area contributed by atoms with Crippen molar-refractivity contribution in [1.82, 2.24) is 19.9 Å². The molecule has 0 spiro atoms. The Kier molecular flexibility index (Phi) is 5.40. The number of H-pyrrole nitrogens is 1. The van der Waals surface area contributed by atoms with Crippen LogP contribution in [0.25, 0.3) is 11.5 Å². The van der Waals surface area contributed by atoms with Crippen molar-refractivity contribution in [3.63, 3.8) is 0 Å². The van der Waals surface area contributed by atoms with Crippen molar-refractivity contribution in [3.05, 3.63) is 63.0 Å². The van der Waals surface area contributed by atoms with Crippen LogP contribution in [0.15, 0.2) is 47.7 Å². The van der Waals surface area contributed by atoms with Crippen molar-refractivity contribution in [2.24, 2.45) is 5.10 Å². The van der Waals surface area contributed by atoms with E-state index in [4.69, 9.17) is 17.0 Å². The number of morpholine rings is 1. The average Bonchev–Trinajstić information content (AvgIpc) is 3.13. The van der Waals surface area contributed by atoms with E-state index in [-0.39, 0.29) is 10.6 Å². The molecular weight excluding hydrogens is 394 g/mol. The highest BCUT2D eigenvalue weighted by Gasteiger charge is 2.21. The van der Waals surface area contributed by atoms with Crippen LogP contribution in [0.1, 0.15) is 5.56 Å². The molecule has 10 nitrogen and oxygen atoms in total. The van der Waals surface area contributed by atoms with Gasteiger partial charge >= 0.3 is 0 Å². The fraction of sp³-hybridized carbons (Fsp3) is 0.222. The quantitative estimate of drug-likeness (QED) is 0.297. The molecule has 1 saturated heterocycles. The molecule has 0 amide bonds. The first-order valence-corrected chi connectivity index (χ1v) is 9.28. The molecule has 1 aliphatic rings. The summed E-state index contributed by atoms with van der Waals surface area (Å²) in [5.74, 6) is 0.450. The molecule has 148 valence electrons. The molecule has 0 bridgehead atoms. The first kappa shape index (κ1) is 18.9. The Balaban J connectivity index is 1.66. The molecule has 0 radical (unpaired) electrons. The summed E-state index contributed by atoms with van der Waals surface area (Å²) in [6, 6.07) is 10.4. The number of hydrogen-bond donors (Lipinski definition) is 1. The SMILES string of the molecule is O=[N+]([O-])c1cc(/C=N/n2c(-c3ccccn3)n[nH]c2=S)ccc1N1CCOCC1. The van der Waals surface area contributed by atoms with Crippen LogP contribution in [-0.4, -0.2) is 57.3 Å². The van der Waals surface area contributed by atoms with Gasteiger partial charge in [0.1, 0.15) is 11.4 Å². The molecule has 0 unspecified atom stereocenters. The van der Waals surface area contributed by atoms with Gasteiger partial charge in [0.15, 0.2) is 0 Å². The van der Waals surface area contributed by atoms with Crippen LogP contribution in [0, 0.1) is 14.9 Å². The maximum atomic E-state index is 11.6. The Morgan fingerprint density at radius 1 is 1.28 bits per heavy atom. The second kappa shape index (κ2) is 8.29. The van der Waals surface area contributed by atoms with Gasteiger partial charge in [-0.05, 0) is 30.4 Å². The summed E-state index contributed by atoms with van der Waals surface area (Å²) in [5.41, 5.74) is 1.77. The summed E-state index contributed by atoms with van der Waals surface area (Å²) in [6.45, 7) is 2.34. The lowest BCUT2D eigenvalue weighted by Crippen LogP contribution is -2.36. The predicted octanol–water partition coefficient (Wildman–Crippen LogP) is 2.63. The van der Waals surface area contributed by atoms with Gasteiger partial charge in [-0.15, -0.1) is 0 Å². The number of nitrogens with one attached hydrogen (secondary N) is 1. The summed E-state index contributed by atoms with van der Waals surface area (Å²) in [7, 11) is 0. The zero-order valence-corrected chi connectivity index (χ0v) is 16.1. The number of ether oxygens (including phenoxy) is 1. The molecule has 1 fully saturated rings. The number of anilines is 1. The number of nitro benzene ring substituents is 1. The number of rotatable bonds is 5. The number of pyridine rings is 1. The lowest BCUT2D eigenvalue weighted by atomic mass is 10.1. The average molecular weight is 411 g/mol.